The molecule has 0 bridgehead atoms. The topological polar surface area (TPSA) is 24.9 Å². The second kappa shape index (κ2) is 5.61. The van der Waals surface area contributed by atoms with E-state index >= 15 is 0 Å². The van der Waals surface area contributed by atoms with Crippen LogP contribution >= 0.6 is 15.9 Å². The van der Waals surface area contributed by atoms with Crippen molar-refractivity contribution in [3.8, 4) is 0 Å². The lowest BCUT2D eigenvalue weighted by Gasteiger charge is -2.13. The molecular weight excluding hydrogens is 252 g/mol. The molecule has 0 saturated carbocycles. The van der Waals surface area contributed by atoms with Gasteiger partial charge < -0.3 is 5.32 Å². The number of nitrogens with one attached hydrogen (secondary N) is 1. The lowest BCUT2D eigenvalue weighted by Crippen LogP contribution is -2.22. The van der Waals surface area contributed by atoms with E-state index in [0.29, 0.717) is 0 Å². The van der Waals surface area contributed by atoms with Gasteiger partial charge in [-0.3, -0.25) is 4.98 Å². The first-order valence-electron chi connectivity index (χ1n) is 5.65. The molecule has 1 aromatic rings. The van der Waals surface area contributed by atoms with E-state index in [1.54, 1.807) is 0 Å². The van der Waals surface area contributed by atoms with Crippen LogP contribution in [-0.4, -0.2) is 18.1 Å². The fourth-order valence-corrected chi connectivity index (χ4v) is 2.58. The molecule has 1 aliphatic heterocycles. The van der Waals surface area contributed by atoms with Crippen LogP contribution in [0.2, 0.25) is 0 Å². The first kappa shape index (κ1) is 11.1. The van der Waals surface area contributed by atoms with Crippen LogP contribution in [0.3, 0.4) is 0 Å². The third kappa shape index (κ3) is 3.58. The summed E-state index contributed by atoms with van der Waals surface area (Å²) in [6, 6.07) is 2.18. The predicted octanol–water partition coefficient (Wildman–Crippen LogP) is 2.78. The van der Waals surface area contributed by atoms with Gasteiger partial charge in [0.2, 0.25) is 0 Å². The quantitative estimate of drug-likeness (QED) is 0.893. The first-order chi connectivity index (χ1) is 7.34. The SMILES string of the molecule is Brc1cncc(CC2CCCCNC2)c1. The Kier molecular flexibility index (Phi) is 4.15. The number of pyridine rings is 1. The highest BCUT2D eigenvalue weighted by molar-refractivity contribution is 9.10. The molecule has 0 amide bonds. The van der Waals surface area contributed by atoms with Crippen LogP contribution < -0.4 is 5.32 Å². The Morgan fingerprint density at radius 3 is 3.20 bits per heavy atom. The summed E-state index contributed by atoms with van der Waals surface area (Å²) >= 11 is 3.46. The maximum Gasteiger partial charge on any atom is 0.0410 e. The highest BCUT2D eigenvalue weighted by Crippen LogP contribution is 2.18. The number of aromatic nitrogens is 1. The molecule has 0 spiro atoms. The summed E-state index contributed by atoms with van der Waals surface area (Å²) < 4.78 is 1.08. The molecule has 2 rings (SSSR count). The minimum Gasteiger partial charge on any atom is -0.316 e. The molecule has 2 heterocycles. The largest absolute Gasteiger partial charge is 0.316 e. The standard InChI is InChI=1S/C12H17BrN2/c13-12-6-11(8-15-9-12)5-10-3-1-2-4-14-7-10/h6,8-10,14H,1-5,7H2. The average molecular weight is 269 g/mol. The third-order valence-corrected chi connectivity index (χ3v) is 3.37. The third-order valence-electron chi connectivity index (χ3n) is 2.93. The molecule has 3 heteroatoms. The molecule has 1 aromatic heterocycles. The van der Waals surface area contributed by atoms with E-state index < -0.39 is 0 Å². The van der Waals surface area contributed by atoms with E-state index in [1.807, 2.05) is 12.4 Å². The second-order valence-electron chi connectivity index (χ2n) is 4.28. The van der Waals surface area contributed by atoms with E-state index in [1.165, 1.54) is 31.4 Å². The Balaban J connectivity index is 1.95. The summed E-state index contributed by atoms with van der Waals surface area (Å²) in [6.07, 6.45) is 9.01. The maximum absolute atomic E-state index is 4.21. The van der Waals surface area contributed by atoms with E-state index in [0.717, 1.165) is 23.4 Å². The van der Waals surface area contributed by atoms with Crippen molar-refractivity contribution in [2.45, 2.75) is 25.7 Å². The molecule has 1 N–H and O–H groups in total. The van der Waals surface area contributed by atoms with Gasteiger partial charge in [0.05, 0.1) is 0 Å². The Hall–Kier alpha value is -0.410. The lowest BCUT2D eigenvalue weighted by atomic mass is 9.96. The van der Waals surface area contributed by atoms with Crippen LogP contribution in [0.1, 0.15) is 24.8 Å². The molecule has 15 heavy (non-hydrogen) atoms. The number of rotatable bonds is 2. The molecule has 1 fully saturated rings. The van der Waals surface area contributed by atoms with Crippen molar-refractivity contribution in [2.75, 3.05) is 13.1 Å². The van der Waals surface area contributed by atoms with E-state index in [9.17, 15) is 0 Å². The number of hydrogen-bond donors (Lipinski definition) is 1. The first-order valence-corrected chi connectivity index (χ1v) is 6.44. The summed E-state index contributed by atoms with van der Waals surface area (Å²) in [6.45, 7) is 2.35. The van der Waals surface area contributed by atoms with Crippen LogP contribution in [0, 0.1) is 5.92 Å². The van der Waals surface area contributed by atoms with Gasteiger partial charge in [-0.2, -0.15) is 0 Å². The fraction of sp³-hybridized carbons (Fsp3) is 0.583. The predicted molar refractivity (Wildman–Crippen MR) is 65.9 cm³/mol. The van der Waals surface area contributed by atoms with Gasteiger partial charge >= 0.3 is 0 Å². The number of halogens is 1. The zero-order chi connectivity index (χ0) is 10.5. The smallest absolute Gasteiger partial charge is 0.0410 e. The van der Waals surface area contributed by atoms with Crippen molar-refractivity contribution in [3.63, 3.8) is 0 Å². The monoisotopic (exact) mass is 268 g/mol. The van der Waals surface area contributed by atoms with Gasteiger partial charge in [0.25, 0.3) is 0 Å². The Bertz CT molecular complexity index is 306. The van der Waals surface area contributed by atoms with Crippen LogP contribution in [0.5, 0.6) is 0 Å². The zero-order valence-corrected chi connectivity index (χ0v) is 10.5. The Labute approximate surface area is 99.6 Å². The normalized spacial score (nSPS) is 22.3. The maximum atomic E-state index is 4.21. The highest BCUT2D eigenvalue weighted by Gasteiger charge is 2.12. The minimum atomic E-state index is 0.781. The number of hydrogen-bond acceptors (Lipinski definition) is 2. The minimum absolute atomic E-state index is 0.781. The molecule has 1 atom stereocenters. The van der Waals surface area contributed by atoms with Crippen molar-refractivity contribution in [1.29, 1.82) is 0 Å². The van der Waals surface area contributed by atoms with Crippen LogP contribution in [0.4, 0.5) is 0 Å². The van der Waals surface area contributed by atoms with E-state index in [-0.39, 0.29) is 0 Å². The molecule has 2 nitrogen and oxygen atoms in total. The molecule has 1 aliphatic rings. The summed E-state index contributed by atoms with van der Waals surface area (Å²) in [5.74, 6) is 0.781. The van der Waals surface area contributed by atoms with Crippen LogP contribution in [0.25, 0.3) is 0 Å². The summed E-state index contributed by atoms with van der Waals surface area (Å²) in [4.78, 5) is 4.21. The van der Waals surface area contributed by atoms with Crippen molar-refractivity contribution in [2.24, 2.45) is 5.92 Å². The molecule has 0 aromatic carbocycles. The van der Waals surface area contributed by atoms with Crippen LogP contribution in [-0.2, 0) is 6.42 Å². The van der Waals surface area contributed by atoms with Gasteiger partial charge in [0, 0.05) is 16.9 Å². The Morgan fingerprint density at radius 2 is 2.33 bits per heavy atom. The second-order valence-corrected chi connectivity index (χ2v) is 5.20. The lowest BCUT2D eigenvalue weighted by molar-refractivity contribution is 0.477. The van der Waals surface area contributed by atoms with Gasteiger partial charge in [0.15, 0.2) is 0 Å². The van der Waals surface area contributed by atoms with Gasteiger partial charge in [0.1, 0.15) is 0 Å². The van der Waals surface area contributed by atoms with Crippen LogP contribution in [0.15, 0.2) is 22.9 Å². The molecule has 82 valence electrons. The van der Waals surface area contributed by atoms with E-state index in [2.05, 4.69) is 32.3 Å². The van der Waals surface area contributed by atoms with Crippen molar-refractivity contribution >= 4 is 15.9 Å². The van der Waals surface area contributed by atoms with Crippen molar-refractivity contribution in [3.05, 3.63) is 28.5 Å². The zero-order valence-electron chi connectivity index (χ0n) is 8.88. The van der Waals surface area contributed by atoms with Gasteiger partial charge in [-0.15, -0.1) is 0 Å². The summed E-state index contributed by atoms with van der Waals surface area (Å²) in [5, 5.41) is 3.50. The highest BCUT2D eigenvalue weighted by atomic mass is 79.9. The van der Waals surface area contributed by atoms with Gasteiger partial charge in [-0.25, -0.2) is 0 Å². The summed E-state index contributed by atoms with van der Waals surface area (Å²) in [5.41, 5.74) is 1.35. The average Bonchev–Trinajstić information content (AvgIpc) is 2.46. The Morgan fingerprint density at radius 1 is 1.40 bits per heavy atom. The molecular formula is C12H17BrN2. The summed E-state index contributed by atoms with van der Waals surface area (Å²) in [7, 11) is 0. The van der Waals surface area contributed by atoms with E-state index in [4.69, 9.17) is 0 Å². The molecule has 0 radical (unpaired) electrons. The fourth-order valence-electron chi connectivity index (χ4n) is 2.17. The number of nitrogens with zero attached hydrogens (tertiary/aromatic N) is 1. The van der Waals surface area contributed by atoms with Gasteiger partial charge in [-0.1, -0.05) is 6.42 Å². The van der Waals surface area contributed by atoms with Crippen molar-refractivity contribution < 1.29 is 0 Å². The molecule has 0 aliphatic carbocycles. The molecule has 1 saturated heterocycles. The van der Waals surface area contributed by atoms with Gasteiger partial charge in [-0.05, 0) is 65.8 Å². The van der Waals surface area contributed by atoms with Crippen molar-refractivity contribution in [1.82, 2.24) is 10.3 Å². The molecule has 1 unspecified atom stereocenters.